The average molecular weight is 299 g/mol. The Hall–Kier alpha value is -1.70. The van der Waals surface area contributed by atoms with Crippen molar-refractivity contribution < 1.29 is 22.9 Å². The lowest BCUT2D eigenvalue weighted by molar-refractivity contribution is -0.140. The normalized spacial score (nSPS) is 21.1. The quantitative estimate of drug-likeness (QED) is 0.558. The second-order valence-electron chi connectivity index (χ2n) is 4.52. The second kappa shape index (κ2) is 6.65. The molecule has 6 nitrogen and oxygen atoms in total. The molecule has 4 N–H and O–H groups in total. The highest BCUT2D eigenvalue weighted by atomic mass is 32.2. The zero-order valence-electron chi connectivity index (χ0n) is 10.9. The third-order valence-electron chi connectivity index (χ3n) is 2.75. The number of nitrogens with two attached hydrogens (primary N) is 1. The molecule has 0 saturated carbocycles. The van der Waals surface area contributed by atoms with Crippen LogP contribution < -0.4 is 5.73 Å². The fourth-order valence-corrected chi connectivity index (χ4v) is 2.10. The number of aliphatic carboxylic acids is 1. The number of rotatable bonds is 2. The number of carboxylic acids is 1. The van der Waals surface area contributed by atoms with Crippen LogP contribution in [0.25, 0.3) is 0 Å². The predicted molar refractivity (Wildman–Crippen MR) is 73.9 cm³/mol. The van der Waals surface area contributed by atoms with Gasteiger partial charge in [0.25, 0.3) is 10.1 Å². The Morgan fingerprint density at radius 1 is 1.25 bits per heavy atom. The van der Waals surface area contributed by atoms with Gasteiger partial charge in [0, 0.05) is 6.04 Å². The fourth-order valence-electron chi connectivity index (χ4n) is 1.62. The number of benzene rings is 1. The Bertz CT molecular complexity index is 592. The molecule has 0 fully saturated rings. The Morgan fingerprint density at radius 2 is 1.80 bits per heavy atom. The summed E-state index contributed by atoms with van der Waals surface area (Å²) in [6.45, 7) is 1.84. The van der Waals surface area contributed by atoms with Crippen LogP contribution in [0.4, 0.5) is 0 Å². The Labute approximate surface area is 117 Å². The van der Waals surface area contributed by atoms with E-state index in [1.165, 1.54) is 12.1 Å². The van der Waals surface area contributed by atoms with Crippen molar-refractivity contribution in [3.8, 4) is 0 Å². The predicted octanol–water partition coefficient (Wildman–Crippen LogP) is 1.22. The summed E-state index contributed by atoms with van der Waals surface area (Å²) >= 11 is 0. The van der Waals surface area contributed by atoms with E-state index in [0.717, 1.165) is 5.56 Å². The zero-order chi connectivity index (χ0) is 15.3. The van der Waals surface area contributed by atoms with Gasteiger partial charge in [-0.1, -0.05) is 29.8 Å². The first kappa shape index (κ1) is 16.4. The summed E-state index contributed by atoms with van der Waals surface area (Å²) in [4.78, 5) is 10.2. The summed E-state index contributed by atoms with van der Waals surface area (Å²) in [6, 6.07) is 5.94. The van der Waals surface area contributed by atoms with E-state index in [0.29, 0.717) is 6.42 Å². The van der Waals surface area contributed by atoms with Gasteiger partial charge < -0.3 is 10.8 Å². The Balaban J connectivity index is 0.000000204. The molecule has 0 radical (unpaired) electrons. The topological polar surface area (TPSA) is 118 Å². The molecule has 0 bridgehead atoms. The van der Waals surface area contributed by atoms with Gasteiger partial charge >= 0.3 is 5.97 Å². The summed E-state index contributed by atoms with van der Waals surface area (Å²) in [7, 11) is -4.02. The zero-order valence-corrected chi connectivity index (χ0v) is 11.7. The van der Waals surface area contributed by atoms with E-state index in [-0.39, 0.29) is 16.9 Å². The van der Waals surface area contributed by atoms with Crippen LogP contribution in [0.1, 0.15) is 12.0 Å². The number of aryl methyl sites for hydroxylation is 1. The maximum absolute atomic E-state index is 10.5. The highest BCUT2D eigenvalue weighted by Gasteiger charge is 2.21. The third-order valence-corrected chi connectivity index (χ3v) is 3.62. The monoisotopic (exact) mass is 299 g/mol. The molecule has 0 unspecified atom stereocenters. The molecule has 0 heterocycles. The highest BCUT2D eigenvalue weighted by Crippen LogP contribution is 2.15. The second-order valence-corrected chi connectivity index (χ2v) is 5.94. The summed E-state index contributed by atoms with van der Waals surface area (Å²) in [5.41, 5.74) is 6.37. The van der Waals surface area contributed by atoms with Crippen molar-refractivity contribution in [2.75, 3.05) is 0 Å². The van der Waals surface area contributed by atoms with E-state index >= 15 is 0 Å². The molecule has 0 amide bonds. The smallest absolute Gasteiger partial charge is 0.310 e. The number of carboxylic acid groups (broad SMARTS) is 1. The molecule has 2 atom stereocenters. The SMILES string of the molecule is Cc1ccc(S(=O)(=O)O)cc1.N[C@@H]1C=C[C@H](C(=O)O)C1. The number of hydrogen-bond donors (Lipinski definition) is 3. The van der Waals surface area contributed by atoms with Gasteiger partial charge in [-0.15, -0.1) is 0 Å². The van der Waals surface area contributed by atoms with Gasteiger partial charge in [-0.2, -0.15) is 8.42 Å². The maximum Gasteiger partial charge on any atom is 0.310 e. The van der Waals surface area contributed by atoms with Crippen molar-refractivity contribution in [2.45, 2.75) is 24.3 Å². The number of carbonyl (C=O) groups is 1. The van der Waals surface area contributed by atoms with Crippen LogP contribution in [-0.2, 0) is 14.9 Å². The van der Waals surface area contributed by atoms with Gasteiger partial charge in [0.05, 0.1) is 10.8 Å². The lowest BCUT2D eigenvalue weighted by Crippen LogP contribution is -2.18. The van der Waals surface area contributed by atoms with E-state index in [2.05, 4.69) is 0 Å². The minimum Gasteiger partial charge on any atom is -0.481 e. The molecule has 0 aliphatic heterocycles. The molecule has 110 valence electrons. The third kappa shape index (κ3) is 5.12. The minimum absolute atomic E-state index is 0.0499. The minimum atomic E-state index is -4.02. The van der Waals surface area contributed by atoms with E-state index in [1.807, 2.05) is 6.92 Å². The van der Waals surface area contributed by atoms with Crippen molar-refractivity contribution in [2.24, 2.45) is 11.7 Å². The Kier molecular flexibility index (Phi) is 5.43. The van der Waals surface area contributed by atoms with Gasteiger partial charge in [-0.05, 0) is 25.5 Å². The first-order valence-electron chi connectivity index (χ1n) is 5.91. The summed E-state index contributed by atoms with van der Waals surface area (Å²) in [5, 5.41) is 8.42. The summed E-state index contributed by atoms with van der Waals surface area (Å²) < 4.78 is 29.6. The molecule has 1 aromatic carbocycles. The molecule has 0 aromatic heterocycles. The molecule has 20 heavy (non-hydrogen) atoms. The van der Waals surface area contributed by atoms with Crippen LogP contribution in [0.2, 0.25) is 0 Å². The highest BCUT2D eigenvalue weighted by molar-refractivity contribution is 7.85. The molecule has 1 aromatic rings. The van der Waals surface area contributed by atoms with E-state index < -0.39 is 16.1 Å². The largest absolute Gasteiger partial charge is 0.481 e. The molecular formula is C13H17NO5S. The first-order chi connectivity index (χ1) is 9.20. The van der Waals surface area contributed by atoms with Crippen LogP contribution in [0, 0.1) is 12.8 Å². The summed E-state index contributed by atoms with van der Waals surface area (Å²) in [5.74, 6) is -1.13. The maximum atomic E-state index is 10.5. The van der Waals surface area contributed by atoms with Gasteiger partial charge in [0.15, 0.2) is 0 Å². The van der Waals surface area contributed by atoms with E-state index in [9.17, 15) is 13.2 Å². The van der Waals surface area contributed by atoms with Crippen molar-refractivity contribution in [1.82, 2.24) is 0 Å². The van der Waals surface area contributed by atoms with Crippen molar-refractivity contribution >= 4 is 16.1 Å². The summed E-state index contributed by atoms with van der Waals surface area (Å²) in [6.07, 6.45) is 3.93. The van der Waals surface area contributed by atoms with Gasteiger partial charge in [-0.25, -0.2) is 0 Å². The van der Waals surface area contributed by atoms with Gasteiger partial charge in [0.1, 0.15) is 0 Å². The molecule has 7 heteroatoms. The van der Waals surface area contributed by atoms with Crippen LogP contribution in [0.3, 0.4) is 0 Å². The molecule has 0 saturated heterocycles. The van der Waals surface area contributed by atoms with Crippen molar-refractivity contribution in [3.63, 3.8) is 0 Å². The van der Waals surface area contributed by atoms with Crippen molar-refractivity contribution in [1.29, 1.82) is 0 Å². The standard InChI is InChI=1S/C7H8O3S.C6H9NO2/c1-6-2-4-7(5-3-6)11(8,9)10;7-5-2-1-4(3-5)6(8)9/h2-5H,1H3,(H,8,9,10);1-2,4-5H,3,7H2,(H,8,9)/t;4-,5+/m.0/s1. The van der Waals surface area contributed by atoms with Crippen molar-refractivity contribution in [3.05, 3.63) is 42.0 Å². The molecule has 1 aliphatic carbocycles. The average Bonchev–Trinajstić information content (AvgIpc) is 2.76. The van der Waals surface area contributed by atoms with E-state index in [4.69, 9.17) is 15.4 Å². The molecule has 1 aliphatic rings. The Morgan fingerprint density at radius 3 is 2.10 bits per heavy atom. The van der Waals surface area contributed by atoms with Crippen LogP contribution in [-0.4, -0.2) is 30.1 Å². The molecule has 2 rings (SSSR count). The fraction of sp³-hybridized carbons (Fsp3) is 0.308. The lowest BCUT2D eigenvalue weighted by atomic mass is 10.1. The van der Waals surface area contributed by atoms with Crippen LogP contribution in [0.15, 0.2) is 41.3 Å². The first-order valence-corrected chi connectivity index (χ1v) is 7.35. The van der Waals surface area contributed by atoms with Crippen LogP contribution in [0.5, 0.6) is 0 Å². The lowest BCUT2D eigenvalue weighted by Gasteiger charge is -2.00. The molecular weight excluding hydrogens is 282 g/mol. The van der Waals surface area contributed by atoms with Crippen LogP contribution >= 0.6 is 0 Å². The number of hydrogen-bond acceptors (Lipinski definition) is 4. The van der Waals surface area contributed by atoms with Gasteiger partial charge in [0.2, 0.25) is 0 Å². The van der Waals surface area contributed by atoms with Gasteiger partial charge in [-0.3, -0.25) is 9.35 Å². The molecule has 0 spiro atoms. The van der Waals surface area contributed by atoms with E-state index in [1.54, 1.807) is 24.3 Å².